The summed E-state index contributed by atoms with van der Waals surface area (Å²) in [4.78, 5) is 2.47. The van der Waals surface area contributed by atoms with Crippen LogP contribution in [0, 0.1) is 0 Å². The number of hydrogen-bond donors (Lipinski definition) is 0. The Morgan fingerprint density at radius 2 is 1.42 bits per heavy atom. The molecule has 0 N–H and O–H groups in total. The van der Waals surface area contributed by atoms with Gasteiger partial charge in [-0.05, 0) is 136 Å². The average Bonchev–Trinajstić information content (AvgIpc) is 3.65. The van der Waals surface area contributed by atoms with Crippen LogP contribution in [-0.2, 0) is 11.8 Å². The van der Waals surface area contributed by atoms with Crippen LogP contribution in [-0.4, -0.2) is 10.6 Å². The van der Waals surface area contributed by atoms with E-state index in [4.69, 9.17) is 0 Å². The molecule has 1 atom stereocenters. The zero-order chi connectivity index (χ0) is 35.7. The molecule has 0 saturated carbocycles. The average molecular weight is 685 g/mol. The van der Waals surface area contributed by atoms with Crippen molar-refractivity contribution in [2.75, 3.05) is 4.90 Å². The highest BCUT2D eigenvalue weighted by atomic mass is 15.1. The molecule has 2 heterocycles. The van der Waals surface area contributed by atoms with Crippen LogP contribution in [0.2, 0.25) is 0 Å². The number of rotatable bonds is 4. The van der Waals surface area contributed by atoms with Crippen molar-refractivity contribution in [1.82, 2.24) is 4.57 Å². The molecule has 0 fully saturated rings. The molecular weight excluding hydrogens is 641 g/mol. The first kappa shape index (κ1) is 31.8. The number of nitrogens with zero attached hydrogens (tertiary/aromatic N) is 2. The Morgan fingerprint density at radius 3 is 2.28 bits per heavy atom. The van der Waals surface area contributed by atoms with Gasteiger partial charge in [-0.3, -0.25) is 0 Å². The summed E-state index contributed by atoms with van der Waals surface area (Å²) < 4.78 is 2.53. The lowest BCUT2D eigenvalue weighted by Crippen LogP contribution is -2.35. The Hall–Kier alpha value is -5.86. The van der Waals surface area contributed by atoms with E-state index in [0.29, 0.717) is 0 Å². The molecule has 1 aliphatic heterocycles. The quantitative estimate of drug-likeness (QED) is 0.179. The zero-order valence-electron chi connectivity index (χ0n) is 30.6. The predicted molar refractivity (Wildman–Crippen MR) is 224 cm³/mol. The highest BCUT2D eigenvalue weighted by Gasteiger charge is 2.36. The number of aromatic nitrogens is 1. The number of benzene rings is 5. The third kappa shape index (κ3) is 5.15. The fourth-order valence-electron chi connectivity index (χ4n) is 9.50. The summed E-state index contributed by atoms with van der Waals surface area (Å²) in [5.74, 6) is 0. The zero-order valence-corrected chi connectivity index (χ0v) is 30.6. The van der Waals surface area contributed by atoms with Crippen molar-refractivity contribution in [2.24, 2.45) is 0 Å². The minimum atomic E-state index is -0.0470. The minimum absolute atomic E-state index is 0.0470. The molecule has 258 valence electrons. The first-order valence-corrected chi connectivity index (χ1v) is 19.2. The fraction of sp³-hybridized carbons (Fsp3) is 0.176. The van der Waals surface area contributed by atoms with Crippen molar-refractivity contribution in [2.45, 2.75) is 57.4 Å². The van der Waals surface area contributed by atoms with Gasteiger partial charge in [-0.1, -0.05) is 124 Å². The van der Waals surface area contributed by atoms with E-state index in [1.54, 1.807) is 0 Å². The summed E-state index contributed by atoms with van der Waals surface area (Å²) in [5, 5.41) is 1.37. The molecular formula is C51H44N2. The number of aryl methyl sites for hydroxylation is 1. The van der Waals surface area contributed by atoms with Crippen LogP contribution in [0.4, 0.5) is 5.69 Å². The summed E-state index contributed by atoms with van der Waals surface area (Å²) in [6.07, 6.45) is 17.1. The van der Waals surface area contributed by atoms with E-state index in [9.17, 15) is 0 Å². The topological polar surface area (TPSA) is 8.17 Å². The Labute approximate surface area is 313 Å². The van der Waals surface area contributed by atoms with Crippen molar-refractivity contribution >= 4 is 22.7 Å². The Balaban J connectivity index is 1.03. The summed E-state index contributed by atoms with van der Waals surface area (Å²) in [7, 11) is 0. The van der Waals surface area contributed by atoms with E-state index in [2.05, 4.69) is 182 Å². The Morgan fingerprint density at radius 1 is 0.679 bits per heavy atom. The first-order valence-electron chi connectivity index (χ1n) is 19.2. The van der Waals surface area contributed by atoms with Crippen LogP contribution >= 0.6 is 0 Å². The molecule has 0 amide bonds. The van der Waals surface area contributed by atoms with Gasteiger partial charge in [0, 0.05) is 28.4 Å². The lowest BCUT2D eigenvalue weighted by molar-refractivity contribution is 0.660. The third-order valence-corrected chi connectivity index (χ3v) is 12.3. The molecule has 5 aromatic carbocycles. The van der Waals surface area contributed by atoms with Crippen molar-refractivity contribution in [3.05, 3.63) is 197 Å². The van der Waals surface area contributed by atoms with Crippen LogP contribution in [0.3, 0.4) is 0 Å². The van der Waals surface area contributed by atoms with Gasteiger partial charge in [0.25, 0.3) is 0 Å². The summed E-state index contributed by atoms with van der Waals surface area (Å²) >= 11 is 0. The molecule has 0 spiro atoms. The van der Waals surface area contributed by atoms with Crippen LogP contribution in [0.1, 0.15) is 61.9 Å². The summed E-state index contributed by atoms with van der Waals surface area (Å²) in [6, 6.07) is 45.0. The van der Waals surface area contributed by atoms with E-state index in [1.807, 2.05) is 0 Å². The van der Waals surface area contributed by atoms with Gasteiger partial charge in [-0.15, -0.1) is 0 Å². The van der Waals surface area contributed by atoms with Crippen molar-refractivity contribution in [3.8, 4) is 27.9 Å². The minimum Gasteiger partial charge on any atom is -0.340 e. The number of fused-ring (bicyclic) bond motifs is 7. The number of anilines is 1. The molecule has 1 unspecified atom stereocenters. The molecule has 0 bridgehead atoms. The van der Waals surface area contributed by atoms with Gasteiger partial charge in [0.05, 0.1) is 17.3 Å². The fourth-order valence-corrected chi connectivity index (χ4v) is 9.50. The number of para-hydroxylation sites is 1. The van der Waals surface area contributed by atoms with Crippen LogP contribution in [0.15, 0.2) is 175 Å². The van der Waals surface area contributed by atoms with Crippen LogP contribution < -0.4 is 4.90 Å². The van der Waals surface area contributed by atoms with Crippen molar-refractivity contribution in [3.63, 3.8) is 0 Å². The molecule has 6 aromatic rings. The summed E-state index contributed by atoms with van der Waals surface area (Å²) in [5.41, 5.74) is 19.9. The number of hydrogen-bond acceptors (Lipinski definition) is 1. The maximum absolute atomic E-state index is 4.66. The highest BCUT2D eigenvalue weighted by Crippen LogP contribution is 2.50. The van der Waals surface area contributed by atoms with E-state index >= 15 is 0 Å². The van der Waals surface area contributed by atoms with Gasteiger partial charge < -0.3 is 9.47 Å². The second-order valence-corrected chi connectivity index (χ2v) is 15.6. The second-order valence-electron chi connectivity index (χ2n) is 15.6. The van der Waals surface area contributed by atoms with E-state index in [1.165, 1.54) is 89.2 Å². The molecule has 10 rings (SSSR count). The third-order valence-electron chi connectivity index (χ3n) is 12.3. The maximum Gasteiger partial charge on any atom is 0.0623 e. The van der Waals surface area contributed by atoms with Crippen LogP contribution in [0.25, 0.3) is 44.9 Å². The predicted octanol–water partition coefficient (Wildman–Crippen LogP) is 12.9. The lowest BCUT2D eigenvalue weighted by Gasteiger charge is -2.37. The largest absolute Gasteiger partial charge is 0.340 e. The Kier molecular flexibility index (Phi) is 7.44. The lowest BCUT2D eigenvalue weighted by atomic mass is 9.81. The smallest absolute Gasteiger partial charge is 0.0623 e. The van der Waals surface area contributed by atoms with Crippen LogP contribution in [0.5, 0.6) is 0 Å². The van der Waals surface area contributed by atoms with Gasteiger partial charge >= 0.3 is 0 Å². The molecule has 0 saturated heterocycles. The van der Waals surface area contributed by atoms with Gasteiger partial charge in [0.2, 0.25) is 0 Å². The van der Waals surface area contributed by atoms with Gasteiger partial charge in [0.15, 0.2) is 0 Å². The first-order chi connectivity index (χ1) is 26.0. The molecule has 2 nitrogen and oxygen atoms in total. The molecule has 3 aliphatic carbocycles. The standard InChI is InChI=1S/C51H44N2/c1-34-13-11-12-30-52(39-24-20-36(21-25-39)35-14-5-4-6-15-35)48-29-23-37(31-45(34)48)38-22-27-44-43-17-8-10-19-49(43)53(50(44)32-38)40-26-28-42-41-16-7-9-18-46(41)51(2,3)47(42)33-40/h4-10,12,14-21,23-26,28,30-33,48H,1,11,13,22,27,29H2,2-3H3/b30-12-. The number of allylic oxidation sites excluding steroid dienone is 4. The SMILES string of the molecule is C=C1CC/C=C\N(c2ccc(-c3ccccc3)cc2)C2CC=C(C3=Cc4c(c5ccccc5n4-c4ccc5c(c4)C(C)(C)c4ccccc4-5)CC3)C=C12. The molecule has 1 aromatic heterocycles. The van der Waals surface area contributed by atoms with E-state index in [-0.39, 0.29) is 11.5 Å². The van der Waals surface area contributed by atoms with Crippen molar-refractivity contribution in [1.29, 1.82) is 0 Å². The van der Waals surface area contributed by atoms with E-state index in [0.717, 1.165) is 32.1 Å². The molecule has 2 heteroatoms. The van der Waals surface area contributed by atoms with E-state index < -0.39 is 0 Å². The molecule has 0 radical (unpaired) electrons. The van der Waals surface area contributed by atoms with Crippen molar-refractivity contribution < 1.29 is 0 Å². The van der Waals surface area contributed by atoms with Gasteiger partial charge in [-0.25, -0.2) is 0 Å². The monoisotopic (exact) mass is 684 g/mol. The normalized spacial score (nSPS) is 19.2. The maximum atomic E-state index is 4.66. The molecule has 53 heavy (non-hydrogen) atoms. The Bertz CT molecular complexity index is 2570. The second kappa shape index (κ2) is 12.4. The highest BCUT2D eigenvalue weighted by molar-refractivity contribution is 5.92. The van der Waals surface area contributed by atoms with Gasteiger partial charge in [0.1, 0.15) is 0 Å². The molecule has 4 aliphatic rings. The van der Waals surface area contributed by atoms with Gasteiger partial charge in [-0.2, -0.15) is 0 Å². The summed E-state index contributed by atoms with van der Waals surface area (Å²) in [6.45, 7) is 9.40.